The molecule has 0 aliphatic carbocycles. The van der Waals surface area contributed by atoms with Gasteiger partial charge in [-0.3, -0.25) is 0 Å². The Hall–Kier alpha value is -3.02. The van der Waals surface area contributed by atoms with E-state index in [0.717, 1.165) is 11.1 Å². The lowest BCUT2D eigenvalue weighted by Crippen LogP contribution is -2.14. The molecule has 148 valence electrons. The standard InChI is InChI=1S/C23H19ClO5/c24-20-9-18-13-26-15-29-22(18)19(10-20)14-28-23(25)17-7-4-8-21(11-17)27-12-16-5-2-1-3-6-16/h1-11H,12-15H2. The number of ether oxygens (including phenoxy) is 4. The molecule has 0 aromatic heterocycles. The fourth-order valence-electron chi connectivity index (χ4n) is 3.04. The van der Waals surface area contributed by atoms with Crippen molar-refractivity contribution in [3.63, 3.8) is 0 Å². The van der Waals surface area contributed by atoms with Gasteiger partial charge in [-0.05, 0) is 35.9 Å². The summed E-state index contributed by atoms with van der Waals surface area (Å²) in [5.74, 6) is 0.813. The lowest BCUT2D eigenvalue weighted by molar-refractivity contribution is -0.0180. The summed E-state index contributed by atoms with van der Waals surface area (Å²) in [5, 5.41) is 0.542. The predicted octanol–water partition coefficient (Wildman–Crippen LogP) is 5.14. The topological polar surface area (TPSA) is 54.0 Å². The van der Waals surface area contributed by atoms with E-state index in [1.807, 2.05) is 30.3 Å². The first-order valence-corrected chi connectivity index (χ1v) is 9.52. The summed E-state index contributed by atoms with van der Waals surface area (Å²) in [6.45, 7) is 1.05. The van der Waals surface area contributed by atoms with Crippen molar-refractivity contribution in [3.8, 4) is 11.5 Å². The largest absolute Gasteiger partial charge is 0.489 e. The normalized spacial score (nSPS) is 12.6. The third-order valence-electron chi connectivity index (χ3n) is 4.43. The third-order valence-corrected chi connectivity index (χ3v) is 4.65. The molecule has 29 heavy (non-hydrogen) atoms. The highest BCUT2D eigenvalue weighted by atomic mass is 35.5. The Balaban J connectivity index is 1.41. The van der Waals surface area contributed by atoms with Gasteiger partial charge in [-0.15, -0.1) is 0 Å². The molecule has 0 atom stereocenters. The molecular weight excluding hydrogens is 392 g/mol. The smallest absolute Gasteiger partial charge is 0.338 e. The maximum absolute atomic E-state index is 12.5. The zero-order chi connectivity index (χ0) is 20.1. The SMILES string of the molecule is O=C(OCc1cc(Cl)cc2c1OCOC2)c1cccc(OCc2ccccc2)c1. The van der Waals surface area contributed by atoms with Crippen LogP contribution in [0.4, 0.5) is 0 Å². The van der Waals surface area contributed by atoms with Gasteiger partial charge in [0.2, 0.25) is 0 Å². The number of carbonyl (C=O) groups is 1. The summed E-state index contributed by atoms with van der Waals surface area (Å²) in [5.41, 5.74) is 3.01. The van der Waals surface area contributed by atoms with Crippen molar-refractivity contribution in [2.24, 2.45) is 0 Å². The van der Waals surface area contributed by atoms with Crippen molar-refractivity contribution >= 4 is 17.6 Å². The monoisotopic (exact) mass is 410 g/mol. The fraction of sp³-hybridized carbons (Fsp3) is 0.174. The molecule has 3 aromatic carbocycles. The predicted molar refractivity (Wildman–Crippen MR) is 108 cm³/mol. The van der Waals surface area contributed by atoms with Gasteiger partial charge in [0, 0.05) is 16.1 Å². The van der Waals surface area contributed by atoms with Crippen molar-refractivity contribution < 1.29 is 23.7 Å². The molecule has 0 fully saturated rings. The van der Waals surface area contributed by atoms with E-state index in [4.69, 9.17) is 30.5 Å². The Labute approximate surface area is 173 Å². The number of rotatable bonds is 6. The van der Waals surface area contributed by atoms with E-state index < -0.39 is 5.97 Å². The lowest BCUT2D eigenvalue weighted by atomic mass is 10.1. The van der Waals surface area contributed by atoms with E-state index in [0.29, 0.717) is 40.9 Å². The molecule has 0 spiro atoms. The average Bonchev–Trinajstić information content (AvgIpc) is 2.76. The molecule has 1 aliphatic heterocycles. The van der Waals surface area contributed by atoms with Crippen LogP contribution in [0.5, 0.6) is 11.5 Å². The van der Waals surface area contributed by atoms with Crippen LogP contribution in [0.15, 0.2) is 66.7 Å². The van der Waals surface area contributed by atoms with Crippen molar-refractivity contribution in [1.29, 1.82) is 0 Å². The molecule has 6 heteroatoms. The summed E-state index contributed by atoms with van der Waals surface area (Å²) >= 11 is 6.15. The minimum Gasteiger partial charge on any atom is -0.489 e. The van der Waals surface area contributed by atoms with Crippen molar-refractivity contribution in [3.05, 3.63) is 94.0 Å². The van der Waals surface area contributed by atoms with Gasteiger partial charge < -0.3 is 18.9 Å². The van der Waals surface area contributed by atoms with Crippen LogP contribution in [0.25, 0.3) is 0 Å². The van der Waals surface area contributed by atoms with Crippen molar-refractivity contribution in [2.45, 2.75) is 19.8 Å². The van der Waals surface area contributed by atoms with E-state index in [2.05, 4.69) is 0 Å². The molecule has 1 aliphatic rings. The molecule has 0 unspecified atom stereocenters. The van der Waals surface area contributed by atoms with Crippen LogP contribution in [0.2, 0.25) is 5.02 Å². The van der Waals surface area contributed by atoms with Crippen LogP contribution in [0.1, 0.15) is 27.0 Å². The van der Waals surface area contributed by atoms with E-state index in [1.165, 1.54) is 0 Å². The highest BCUT2D eigenvalue weighted by Gasteiger charge is 2.18. The number of hydrogen-bond acceptors (Lipinski definition) is 5. The number of carbonyl (C=O) groups excluding carboxylic acids is 1. The minimum atomic E-state index is -0.448. The van der Waals surface area contributed by atoms with Gasteiger partial charge in [-0.25, -0.2) is 4.79 Å². The summed E-state index contributed by atoms with van der Waals surface area (Å²) in [6, 6.07) is 20.3. The molecule has 0 amide bonds. The van der Waals surface area contributed by atoms with Crippen LogP contribution in [-0.4, -0.2) is 12.8 Å². The van der Waals surface area contributed by atoms with Gasteiger partial charge in [0.15, 0.2) is 6.79 Å². The van der Waals surface area contributed by atoms with Gasteiger partial charge in [0.05, 0.1) is 12.2 Å². The van der Waals surface area contributed by atoms with Crippen LogP contribution < -0.4 is 9.47 Å². The van der Waals surface area contributed by atoms with E-state index >= 15 is 0 Å². The molecule has 3 aromatic rings. The second-order valence-electron chi connectivity index (χ2n) is 6.54. The Bertz CT molecular complexity index is 1000. The van der Waals surface area contributed by atoms with E-state index in [-0.39, 0.29) is 13.4 Å². The van der Waals surface area contributed by atoms with Gasteiger partial charge in [-0.2, -0.15) is 0 Å². The molecule has 0 saturated carbocycles. The Morgan fingerprint density at radius 2 is 1.86 bits per heavy atom. The lowest BCUT2D eigenvalue weighted by Gasteiger charge is -2.21. The summed E-state index contributed by atoms with van der Waals surface area (Å²) in [7, 11) is 0. The van der Waals surface area contributed by atoms with Gasteiger partial charge in [0.25, 0.3) is 0 Å². The zero-order valence-corrected chi connectivity index (χ0v) is 16.4. The Morgan fingerprint density at radius 1 is 1.00 bits per heavy atom. The van der Waals surface area contributed by atoms with Crippen molar-refractivity contribution in [1.82, 2.24) is 0 Å². The number of esters is 1. The van der Waals surface area contributed by atoms with Crippen LogP contribution in [-0.2, 0) is 29.3 Å². The molecule has 0 bridgehead atoms. The fourth-order valence-corrected chi connectivity index (χ4v) is 3.31. The zero-order valence-electron chi connectivity index (χ0n) is 15.6. The first kappa shape index (κ1) is 19.3. The molecular formula is C23H19ClO5. The summed E-state index contributed by atoms with van der Waals surface area (Å²) in [4.78, 5) is 12.5. The minimum absolute atomic E-state index is 0.0524. The highest BCUT2D eigenvalue weighted by molar-refractivity contribution is 6.30. The summed E-state index contributed by atoms with van der Waals surface area (Å²) in [6.07, 6.45) is 0. The van der Waals surface area contributed by atoms with Gasteiger partial charge >= 0.3 is 5.97 Å². The van der Waals surface area contributed by atoms with E-state index in [9.17, 15) is 4.79 Å². The molecule has 5 nitrogen and oxygen atoms in total. The number of halogens is 1. The summed E-state index contributed by atoms with van der Waals surface area (Å²) < 4.78 is 22.1. The quantitative estimate of drug-likeness (QED) is 0.526. The van der Waals surface area contributed by atoms with E-state index in [1.54, 1.807) is 36.4 Å². The van der Waals surface area contributed by atoms with Crippen LogP contribution in [0, 0.1) is 0 Å². The van der Waals surface area contributed by atoms with Crippen LogP contribution in [0.3, 0.4) is 0 Å². The molecule has 0 radical (unpaired) electrons. The first-order valence-electron chi connectivity index (χ1n) is 9.15. The number of hydrogen-bond donors (Lipinski definition) is 0. The van der Waals surface area contributed by atoms with Crippen LogP contribution >= 0.6 is 11.6 Å². The Morgan fingerprint density at radius 3 is 2.72 bits per heavy atom. The first-order chi connectivity index (χ1) is 14.2. The number of benzene rings is 3. The second kappa shape index (κ2) is 8.99. The van der Waals surface area contributed by atoms with Gasteiger partial charge in [-0.1, -0.05) is 48.0 Å². The molecule has 1 heterocycles. The van der Waals surface area contributed by atoms with Gasteiger partial charge in [0.1, 0.15) is 24.7 Å². The average molecular weight is 411 g/mol. The third kappa shape index (κ3) is 4.88. The molecule has 4 rings (SSSR count). The molecule has 0 saturated heterocycles. The second-order valence-corrected chi connectivity index (χ2v) is 6.98. The maximum atomic E-state index is 12.5. The van der Waals surface area contributed by atoms with Crippen molar-refractivity contribution in [2.75, 3.05) is 6.79 Å². The highest BCUT2D eigenvalue weighted by Crippen LogP contribution is 2.32. The Kier molecular flexibility index (Phi) is 5.98. The maximum Gasteiger partial charge on any atom is 0.338 e. The molecule has 0 N–H and O–H groups in total. The number of fused-ring (bicyclic) bond motifs is 1.